The second kappa shape index (κ2) is 7.24. The molecule has 21 heavy (non-hydrogen) atoms. The van der Waals surface area contributed by atoms with Gasteiger partial charge in [-0.2, -0.15) is 5.26 Å². The van der Waals surface area contributed by atoms with Gasteiger partial charge in [-0.25, -0.2) is 0 Å². The van der Waals surface area contributed by atoms with E-state index in [1.807, 2.05) is 0 Å². The Bertz CT molecular complexity index is 406. The molecule has 118 valence electrons. The van der Waals surface area contributed by atoms with Gasteiger partial charge in [0, 0.05) is 19.3 Å². The molecule has 0 N–H and O–H groups in total. The Morgan fingerprint density at radius 1 is 1.38 bits per heavy atom. The lowest BCUT2D eigenvalue weighted by Gasteiger charge is -2.41. The van der Waals surface area contributed by atoms with Gasteiger partial charge in [-0.3, -0.25) is 4.79 Å². The standard InChI is InChI=1S/C16H25NO4/c1-3-16-11-13(7-9-15(18)19-2)20-14(16)8-6-12(21-16)5-4-10-17/h12-14H,3-9,11H2,1-2H3. The fourth-order valence-electron chi connectivity index (χ4n) is 3.54. The van der Waals surface area contributed by atoms with Gasteiger partial charge in [0.15, 0.2) is 0 Å². The Balaban J connectivity index is 1.92. The number of fused-ring (bicyclic) bond motifs is 1. The summed E-state index contributed by atoms with van der Waals surface area (Å²) in [5, 5.41) is 8.72. The molecular formula is C16H25NO4. The molecule has 2 aliphatic rings. The van der Waals surface area contributed by atoms with Crippen molar-refractivity contribution in [2.24, 2.45) is 0 Å². The van der Waals surface area contributed by atoms with E-state index in [2.05, 4.69) is 17.7 Å². The third-order valence-corrected chi connectivity index (χ3v) is 4.74. The highest BCUT2D eigenvalue weighted by Crippen LogP contribution is 2.45. The van der Waals surface area contributed by atoms with Crippen LogP contribution >= 0.6 is 0 Å². The van der Waals surface area contributed by atoms with Gasteiger partial charge in [-0.05, 0) is 32.1 Å². The molecule has 4 unspecified atom stereocenters. The topological polar surface area (TPSA) is 68.5 Å². The second-order valence-corrected chi connectivity index (χ2v) is 6.00. The van der Waals surface area contributed by atoms with E-state index >= 15 is 0 Å². The van der Waals surface area contributed by atoms with Crippen LogP contribution in [0.25, 0.3) is 0 Å². The first-order valence-corrected chi connectivity index (χ1v) is 7.90. The van der Waals surface area contributed by atoms with Crippen LogP contribution in [0.1, 0.15) is 58.3 Å². The predicted octanol–water partition coefficient (Wildman–Crippen LogP) is 2.73. The summed E-state index contributed by atoms with van der Waals surface area (Å²) in [5.74, 6) is -0.188. The molecule has 0 spiro atoms. The van der Waals surface area contributed by atoms with Crippen molar-refractivity contribution in [3.63, 3.8) is 0 Å². The van der Waals surface area contributed by atoms with Crippen molar-refractivity contribution >= 4 is 5.97 Å². The summed E-state index contributed by atoms with van der Waals surface area (Å²) in [5.41, 5.74) is -0.223. The Morgan fingerprint density at radius 3 is 2.86 bits per heavy atom. The van der Waals surface area contributed by atoms with E-state index in [0.29, 0.717) is 19.3 Å². The van der Waals surface area contributed by atoms with Crippen LogP contribution in [-0.4, -0.2) is 37.0 Å². The number of hydrogen-bond donors (Lipinski definition) is 0. The van der Waals surface area contributed by atoms with E-state index in [4.69, 9.17) is 14.7 Å². The molecule has 2 heterocycles. The molecule has 0 radical (unpaired) electrons. The first-order chi connectivity index (χ1) is 10.1. The van der Waals surface area contributed by atoms with Crippen molar-refractivity contribution in [3.8, 4) is 6.07 Å². The third kappa shape index (κ3) is 3.75. The van der Waals surface area contributed by atoms with Crippen molar-refractivity contribution in [3.05, 3.63) is 0 Å². The minimum absolute atomic E-state index is 0.0729. The van der Waals surface area contributed by atoms with Crippen LogP contribution in [0, 0.1) is 11.3 Å². The van der Waals surface area contributed by atoms with Gasteiger partial charge in [0.25, 0.3) is 0 Å². The highest BCUT2D eigenvalue weighted by atomic mass is 16.6. The fourth-order valence-corrected chi connectivity index (χ4v) is 3.54. The van der Waals surface area contributed by atoms with Crippen LogP contribution in [0.4, 0.5) is 0 Å². The minimum atomic E-state index is -0.223. The van der Waals surface area contributed by atoms with Crippen molar-refractivity contribution in [1.29, 1.82) is 5.26 Å². The summed E-state index contributed by atoms with van der Waals surface area (Å²) < 4.78 is 17.1. The van der Waals surface area contributed by atoms with Gasteiger partial charge in [0.1, 0.15) is 0 Å². The molecule has 0 saturated carbocycles. The van der Waals surface area contributed by atoms with Crippen LogP contribution in [0.2, 0.25) is 0 Å². The average Bonchev–Trinajstić information content (AvgIpc) is 2.88. The molecule has 4 atom stereocenters. The molecule has 0 aliphatic carbocycles. The summed E-state index contributed by atoms with van der Waals surface area (Å²) >= 11 is 0. The number of nitrogens with zero attached hydrogens (tertiary/aromatic N) is 1. The lowest BCUT2D eigenvalue weighted by atomic mass is 9.83. The molecule has 0 bridgehead atoms. The van der Waals surface area contributed by atoms with Crippen molar-refractivity contribution < 1.29 is 19.0 Å². The van der Waals surface area contributed by atoms with Crippen LogP contribution in [0.3, 0.4) is 0 Å². The number of ether oxygens (including phenoxy) is 3. The minimum Gasteiger partial charge on any atom is -0.469 e. The number of hydrogen-bond acceptors (Lipinski definition) is 5. The lowest BCUT2D eigenvalue weighted by molar-refractivity contribution is -0.168. The van der Waals surface area contributed by atoms with Gasteiger partial charge in [0.2, 0.25) is 0 Å². The fraction of sp³-hybridized carbons (Fsp3) is 0.875. The zero-order valence-corrected chi connectivity index (χ0v) is 13.0. The summed E-state index contributed by atoms with van der Waals surface area (Å²) in [6, 6.07) is 2.19. The molecule has 0 aromatic carbocycles. The maximum absolute atomic E-state index is 11.3. The number of esters is 1. The highest BCUT2D eigenvalue weighted by Gasteiger charge is 2.51. The van der Waals surface area contributed by atoms with E-state index in [0.717, 1.165) is 32.1 Å². The summed E-state index contributed by atoms with van der Waals surface area (Å²) in [6.07, 6.45) is 6.50. The largest absolute Gasteiger partial charge is 0.469 e. The molecule has 0 aromatic heterocycles. The quantitative estimate of drug-likeness (QED) is 0.705. The molecule has 2 rings (SSSR count). The molecule has 2 fully saturated rings. The summed E-state index contributed by atoms with van der Waals surface area (Å²) in [7, 11) is 1.41. The summed E-state index contributed by atoms with van der Waals surface area (Å²) in [4.78, 5) is 11.3. The van der Waals surface area contributed by atoms with Gasteiger partial charge >= 0.3 is 5.97 Å². The number of carbonyl (C=O) groups excluding carboxylic acids is 1. The third-order valence-electron chi connectivity index (χ3n) is 4.74. The van der Waals surface area contributed by atoms with Gasteiger partial charge in [-0.15, -0.1) is 0 Å². The Hall–Kier alpha value is -1.12. The number of rotatable bonds is 6. The van der Waals surface area contributed by atoms with E-state index in [-0.39, 0.29) is 29.9 Å². The molecule has 5 heteroatoms. The molecule has 0 aromatic rings. The normalized spacial score (nSPS) is 35.0. The Morgan fingerprint density at radius 2 is 2.19 bits per heavy atom. The zero-order valence-electron chi connectivity index (χ0n) is 13.0. The monoisotopic (exact) mass is 295 g/mol. The van der Waals surface area contributed by atoms with E-state index in [9.17, 15) is 4.79 Å². The number of methoxy groups -OCH3 is 1. The maximum Gasteiger partial charge on any atom is 0.305 e. The molecular weight excluding hydrogens is 270 g/mol. The van der Waals surface area contributed by atoms with E-state index in [1.165, 1.54) is 7.11 Å². The molecule has 5 nitrogen and oxygen atoms in total. The van der Waals surface area contributed by atoms with Crippen LogP contribution in [0.5, 0.6) is 0 Å². The molecule has 2 aliphatic heterocycles. The van der Waals surface area contributed by atoms with Crippen molar-refractivity contribution in [1.82, 2.24) is 0 Å². The molecule has 2 saturated heterocycles. The number of carbonyl (C=O) groups is 1. The smallest absolute Gasteiger partial charge is 0.305 e. The number of nitriles is 1. The first kappa shape index (κ1) is 16.3. The average molecular weight is 295 g/mol. The zero-order chi connectivity index (χ0) is 15.3. The SMILES string of the molecule is CCC12CC(CCC(=O)OC)OC1CCC(CCC#N)O2. The Kier molecular flexibility index (Phi) is 5.60. The van der Waals surface area contributed by atoms with Crippen LogP contribution < -0.4 is 0 Å². The predicted molar refractivity (Wildman–Crippen MR) is 76.5 cm³/mol. The molecule has 0 amide bonds. The first-order valence-electron chi connectivity index (χ1n) is 7.90. The van der Waals surface area contributed by atoms with Crippen LogP contribution in [0.15, 0.2) is 0 Å². The van der Waals surface area contributed by atoms with Gasteiger partial charge in [-0.1, -0.05) is 6.92 Å². The summed E-state index contributed by atoms with van der Waals surface area (Å²) in [6.45, 7) is 2.13. The van der Waals surface area contributed by atoms with E-state index in [1.54, 1.807) is 0 Å². The van der Waals surface area contributed by atoms with Crippen LogP contribution in [-0.2, 0) is 19.0 Å². The Labute approximate surface area is 126 Å². The van der Waals surface area contributed by atoms with E-state index < -0.39 is 0 Å². The second-order valence-electron chi connectivity index (χ2n) is 6.00. The maximum atomic E-state index is 11.3. The van der Waals surface area contributed by atoms with Crippen molar-refractivity contribution in [2.75, 3.05) is 7.11 Å². The lowest BCUT2D eigenvalue weighted by Crippen LogP contribution is -2.47. The highest BCUT2D eigenvalue weighted by molar-refractivity contribution is 5.69. The van der Waals surface area contributed by atoms with Gasteiger partial charge < -0.3 is 14.2 Å². The van der Waals surface area contributed by atoms with Crippen molar-refractivity contribution in [2.45, 2.75) is 82.2 Å². The van der Waals surface area contributed by atoms with Gasteiger partial charge in [0.05, 0.1) is 37.1 Å².